The third-order valence-corrected chi connectivity index (χ3v) is 5.15. The normalized spacial score (nSPS) is 17.2. The molecule has 1 aliphatic rings. The molecule has 23 heavy (non-hydrogen) atoms. The van der Waals surface area contributed by atoms with Crippen LogP contribution in [0.5, 0.6) is 5.75 Å². The third-order valence-electron chi connectivity index (χ3n) is 3.32. The van der Waals surface area contributed by atoms with Crippen LogP contribution >= 0.6 is 0 Å². The molecule has 9 heteroatoms. The number of amides is 2. The summed E-state index contributed by atoms with van der Waals surface area (Å²) in [6, 6.07) is 6.93. The molecular formula is C14H19N3O5S. The summed E-state index contributed by atoms with van der Waals surface area (Å²) in [7, 11) is -0.519. The summed E-state index contributed by atoms with van der Waals surface area (Å²) in [5.74, 6) is -0.551. The standard InChI is InChI=1S/C14H19N3O5S/c1-17(2)23(20,21)8-7-15-13(18)9-12-14(19)16-10-5-3-4-6-11(10)22-12/h3-6,12H,7-9H2,1-2H3,(H,15,18)(H,16,19)/t12-/m1/s1. The second kappa shape index (κ2) is 6.97. The maximum Gasteiger partial charge on any atom is 0.266 e. The molecule has 2 amide bonds. The number of carbonyl (C=O) groups excluding carboxylic acids is 2. The predicted molar refractivity (Wildman–Crippen MR) is 84.6 cm³/mol. The Bertz CT molecular complexity index is 702. The molecule has 1 atom stereocenters. The van der Waals surface area contributed by atoms with Crippen molar-refractivity contribution in [3.63, 3.8) is 0 Å². The number of nitrogens with zero attached hydrogens (tertiary/aromatic N) is 1. The van der Waals surface area contributed by atoms with Crippen LogP contribution in [0.25, 0.3) is 0 Å². The van der Waals surface area contributed by atoms with Gasteiger partial charge in [-0.05, 0) is 12.1 Å². The minimum atomic E-state index is -3.37. The van der Waals surface area contributed by atoms with Crippen LogP contribution in [0.4, 0.5) is 5.69 Å². The highest BCUT2D eigenvalue weighted by molar-refractivity contribution is 7.89. The first kappa shape index (κ1) is 17.2. The molecule has 0 saturated carbocycles. The molecule has 1 aromatic rings. The van der Waals surface area contributed by atoms with Crippen molar-refractivity contribution in [2.24, 2.45) is 0 Å². The largest absolute Gasteiger partial charge is 0.478 e. The van der Waals surface area contributed by atoms with Gasteiger partial charge in [-0.25, -0.2) is 12.7 Å². The van der Waals surface area contributed by atoms with Gasteiger partial charge in [0.15, 0.2) is 6.10 Å². The maximum absolute atomic E-state index is 11.9. The van der Waals surface area contributed by atoms with Gasteiger partial charge in [-0.2, -0.15) is 0 Å². The van der Waals surface area contributed by atoms with Crippen molar-refractivity contribution >= 4 is 27.5 Å². The van der Waals surface area contributed by atoms with Crippen molar-refractivity contribution in [3.8, 4) is 5.75 Å². The van der Waals surface area contributed by atoms with Crippen molar-refractivity contribution in [2.45, 2.75) is 12.5 Å². The fraction of sp³-hybridized carbons (Fsp3) is 0.429. The van der Waals surface area contributed by atoms with Crippen LogP contribution in [0.15, 0.2) is 24.3 Å². The van der Waals surface area contributed by atoms with E-state index < -0.39 is 27.9 Å². The number of anilines is 1. The van der Waals surface area contributed by atoms with Crippen LogP contribution in [0, 0.1) is 0 Å². The quantitative estimate of drug-likeness (QED) is 0.744. The summed E-state index contributed by atoms with van der Waals surface area (Å²) in [6.07, 6.45) is -1.11. The minimum Gasteiger partial charge on any atom is -0.478 e. The number of hydrogen-bond donors (Lipinski definition) is 2. The molecular weight excluding hydrogens is 322 g/mol. The zero-order chi connectivity index (χ0) is 17.0. The molecule has 8 nitrogen and oxygen atoms in total. The van der Waals surface area contributed by atoms with Crippen LogP contribution in [0.3, 0.4) is 0 Å². The first-order valence-electron chi connectivity index (χ1n) is 7.03. The van der Waals surface area contributed by atoms with E-state index in [0.29, 0.717) is 11.4 Å². The molecule has 1 heterocycles. The summed E-state index contributed by atoms with van der Waals surface area (Å²) in [4.78, 5) is 23.7. The molecule has 0 radical (unpaired) electrons. The molecule has 126 valence electrons. The van der Waals surface area contributed by atoms with Crippen LogP contribution in [0.2, 0.25) is 0 Å². The van der Waals surface area contributed by atoms with Gasteiger partial charge in [-0.15, -0.1) is 0 Å². The van der Waals surface area contributed by atoms with Gasteiger partial charge in [0.05, 0.1) is 17.9 Å². The van der Waals surface area contributed by atoms with E-state index in [1.807, 2.05) is 0 Å². The number of ether oxygens (including phenoxy) is 1. The van der Waals surface area contributed by atoms with Gasteiger partial charge in [-0.3, -0.25) is 9.59 Å². The molecule has 0 aromatic heterocycles. The Balaban J connectivity index is 1.85. The number of sulfonamides is 1. The fourth-order valence-electron chi connectivity index (χ4n) is 1.97. The lowest BCUT2D eigenvalue weighted by atomic mass is 10.1. The van der Waals surface area contributed by atoms with E-state index in [0.717, 1.165) is 4.31 Å². The number of rotatable bonds is 6. The molecule has 0 saturated heterocycles. The number of nitrogens with one attached hydrogen (secondary N) is 2. The van der Waals surface area contributed by atoms with Crippen LogP contribution < -0.4 is 15.4 Å². The highest BCUT2D eigenvalue weighted by Crippen LogP contribution is 2.29. The average molecular weight is 341 g/mol. The van der Waals surface area contributed by atoms with E-state index in [-0.39, 0.29) is 18.7 Å². The Labute approximate surface area is 134 Å². The van der Waals surface area contributed by atoms with Crippen molar-refractivity contribution in [2.75, 3.05) is 31.7 Å². The van der Waals surface area contributed by atoms with Gasteiger partial charge in [0, 0.05) is 20.6 Å². The van der Waals surface area contributed by atoms with Gasteiger partial charge in [0.25, 0.3) is 5.91 Å². The van der Waals surface area contributed by atoms with Crippen molar-refractivity contribution < 1.29 is 22.7 Å². The lowest BCUT2D eigenvalue weighted by Crippen LogP contribution is -2.42. The van der Waals surface area contributed by atoms with Gasteiger partial charge >= 0.3 is 0 Å². The predicted octanol–water partition coefficient (Wildman–Crippen LogP) is -0.216. The molecule has 1 aliphatic heterocycles. The molecule has 1 aromatic carbocycles. The van der Waals surface area contributed by atoms with E-state index in [9.17, 15) is 18.0 Å². The highest BCUT2D eigenvalue weighted by Gasteiger charge is 2.29. The number of carbonyl (C=O) groups is 2. The summed E-state index contributed by atoms with van der Waals surface area (Å²) in [6.45, 7) is -0.0235. The molecule has 0 fully saturated rings. The average Bonchev–Trinajstić information content (AvgIpc) is 2.47. The molecule has 0 aliphatic carbocycles. The van der Waals surface area contributed by atoms with Crippen LogP contribution in [-0.4, -0.2) is 57.0 Å². The first-order valence-corrected chi connectivity index (χ1v) is 8.64. The Kier molecular flexibility index (Phi) is 5.22. The van der Waals surface area contributed by atoms with Crippen molar-refractivity contribution in [1.82, 2.24) is 9.62 Å². The molecule has 2 rings (SSSR count). The summed E-state index contributed by atoms with van der Waals surface area (Å²) in [5, 5.41) is 5.14. The number of para-hydroxylation sites is 2. The van der Waals surface area contributed by atoms with Gasteiger partial charge in [0.2, 0.25) is 15.9 Å². The minimum absolute atomic E-state index is 0.0235. The Hall–Kier alpha value is -2.13. The van der Waals surface area contributed by atoms with Crippen LogP contribution in [-0.2, 0) is 19.6 Å². The monoisotopic (exact) mass is 341 g/mol. The first-order chi connectivity index (χ1) is 10.8. The van der Waals surface area contributed by atoms with Gasteiger partial charge in [-0.1, -0.05) is 12.1 Å². The number of benzene rings is 1. The number of fused-ring (bicyclic) bond motifs is 1. The molecule has 0 unspecified atom stereocenters. The summed E-state index contributed by atoms with van der Waals surface area (Å²) >= 11 is 0. The van der Waals surface area contributed by atoms with Crippen molar-refractivity contribution in [1.29, 1.82) is 0 Å². The Morgan fingerprint density at radius 2 is 2.04 bits per heavy atom. The highest BCUT2D eigenvalue weighted by atomic mass is 32.2. The van der Waals surface area contributed by atoms with E-state index in [1.165, 1.54) is 14.1 Å². The molecule has 0 bridgehead atoms. The lowest BCUT2D eigenvalue weighted by Gasteiger charge is -2.25. The SMILES string of the molecule is CN(C)S(=O)(=O)CCNC(=O)C[C@H]1Oc2ccccc2NC1=O. The maximum atomic E-state index is 11.9. The van der Waals surface area contributed by atoms with Gasteiger partial charge < -0.3 is 15.4 Å². The van der Waals surface area contributed by atoms with Crippen LogP contribution in [0.1, 0.15) is 6.42 Å². The topological polar surface area (TPSA) is 105 Å². The molecule has 0 spiro atoms. The second-order valence-corrected chi connectivity index (χ2v) is 7.55. The lowest BCUT2D eigenvalue weighted by molar-refractivity contribution is -0.130. The third kappa shape index (κ3) is 4.42. The summed E-state index contributed by atoms with van der Waals surface area (Å²) < 4.78 is 29.7. The number of hydrogen-bond acceptors (Lipinski definition) is 5. The Morgan fingerprint density at radius 1 is 1.35 bits per heavy atom. The zero-order valence-electron chi connectivity index (χ0n) is 12.9. The van der Waals surface area contributed by atoms with Gasteiger partial charge in [0.1, 0.15) is 5.75 Å². The van der Waals surface area contributed by atoms with E-state index in [4.69, 9.17) is 4.74 Å². The van der Waals surface area contributed by atoms with E-state index in [1.54, 1.807) is 24.3 Å². The van der Waals surface area contributed by atoms with E-state index in [2.05, 4.69) is 10.6 Å². The zero-order valence-corrected chi connectivity index (χ0v) is 13.7. The summed E-state index contributed by atoms with van der Waals surface area (Å²) in [5.41, 5.74) is 0.561. The van der Waals surface area contributed by atoms with Crippen molar-refractivity contribution in [3.05, 3.63) is 24.3 Å². The Morgan fingerprint density at radius 3 is 2.74 bits per heavy atom. The molecule has 2 N–H and O–H groups in total. The fourth-order valence-corrected chi connectivity index (χ4v) is 2.69. The second-order valence-electron chi connectivity index (χ2n) is 5.24. The smallest absolute Gasteiger partial charge is 0.266 e. The van der Waals surface area contributed by atoms with E-state index >= 15 is 0 Å².